The molecule has 3 aromatic rings. The Balaban J connectivity index is 0.819. The number of likely N-dealkylation sites (tertiary alicyclic amines) is 1. The molecular weight excluding hydrogens is 762 g/mol. The van der Waals surface area contributed by atoms with Crippen LogP contribution >= 0.6 is 11.6 Å². The smallest absolute Gasteiger partial charge is 0.269 e. The van der Waals surface area contributed by atoms with E-state index < -0.39 is 29.7 Å². The van der Waals surface area contributed by atoms with E-state index in [0.717, 1.165) is 81.5 Å². The fourth-order valence-corrected chi connectivity index (χ4v) is 9.30. The number of carbonyl (C=O) groups is 5. The summed E-state index contributed by atoms with van der Waals surface area (Å²) in [4.78, 5) is 75.4. The van der Waals surface area contributed by atoms with Crippen LogP contribution in [0.5, 0.6) is 5.75 Å². The van der Waals surface area contributed by atoms with Gasteiger partial charge >= 0.3 is 0 Å². The molecule has 0 radical (unpaired) electrons. The van der Waals surface area contributed by atoms with Gasteiger partial charge in [0.1, 0.15) is 17.9 Å². The van der Waals surface area contributed by atoms with Crippen molar-refractivity contribution < 1.29 is 28.7 Å². The minimum atomic E-state index is -1.04. The first-order valence-corrected chi connectivity index (χ1v) is 20.6. The maximum Gasteiger partial charge on any atom is 0.269 e. The Labute approximate surface area is 341 Å². The van der Waals surface area contributed by atoms with Crippen LogP contribution in [0.3, 0.4) is 0 Å². The number of halogens is 1. The van der Waals surface area contributed by atoms with Gasteiger partial charge in [0.25, 0.3) is 23.6 Å². The number of fused-ring (bicyclic) bond motifs is 1. The fraction of sp³-hybridized carbons (Fsp3) is 0.476. The lowest BCUT2D eigenvalue weighted by Crippen LogP contribution is -2.59. The quantitative estimate of drug-likeness (QED) is 0.291. The number of hydrogen-bond acceptors (Lipinski definition) is 12. The van der Waals surface area contributed by atoms with E-state index in [1.807, 2.05) is 12.1 Å². The van der Waals surface area contributed by atoms with E-state index in [4.69, 9.17) is 27.3 Å². The number of aromatic nitrogens is 2. The number of piperazine rings is 1. The molecule has 2 N–H and O–H groups in total. The van der Waals surface area contributed by atoms with Crippen molar-refractivity contribution in [1.29, 1.82) is 5.26 Å². The Bertz CT molecular complexity index is 2140. The van der Waals surface area contributed by atoms with Crippen molar-refractivity contribution in [2.75, 3.05) is 55.6 Å². The number of anilines is 2. The molecule has 8 rings (SSSR count). The van der Waals surface area contributed by atoms with Crippen molar-refractivity contribution in [3.63, 3.8) is 0 Å². The molecule has 58 heavy (non-hydrogen) atoms. The van der Waals surface area contributed by atoms with Crippen molar-refractivity contribution in [3.8, 4) is 11.8 Å². The van der Waals surface area contributed by atoms with Gasteiger partial charge < -0.3 is 20.3 Å². The predicted octanol–water partition coefficient (Wildman–Crippen LogP) is 4.03. The maximum atomic E-state index is 14.0. The normalized spacial score (nSPS) is 23.3. The standard InChI is InChI=1S/C42H46ClN9O6/c43-34-24-31(5-1-27(34)25-44)58-30-6-2-28(3-7-30)51-38(53)12-10-36(42(51)57)52-40(55)32-8-4-29(23-33(32)41(52)56)49-21-19-48(20-22-49)16-13-26-14-17-50(18-15-26)37-11-9-35(39(45)54)46-47-37/h1,4-5,8-9,11,23-24,26,28,30,36H,2-3,6-7,10,12-22H2,(H2,45,54). The summed E-state index contributed by atoms with van der Waals surface area (Å²) in [7, 11) is 0. The minimum Gasteiger partial charge on any atom is -0.490 e. The average molecular weight is 808 g/mol. The van der Waals surface area contributed by atoms with E-state index >= 15 is 0 Å². The monoisotopic (exact) mass is 807 g/mol. The molecule has 16 heteroatoms. The highest BCUT2D eigenvalue weighted by Crippen LogP contribution is 2.35. The molecule has 0 spiro atoms. The average Bonchev–Trinajstić information content (AvgIpc) is 3.49. The van der Waals surface area contributed by atoms with Gasteiger partial charge in [-0.1, -0.05) is 11.6 Å². The summed E-state index contributed by atoms with van der Waals surface area (Å²) in [5, 5.41) is 17.6. The number of nitrogens with zero attached hydrogens (tertiary/aromatic N) is 8. The van der Waals surface area contributed by atoms with Gasteiger partial charge in [-0.05, 0) is 106 Å². The molecule has 1 unspecified atom stereocenters. The number of nitriles is 1. The molecule has 4 aliphatic heterocycles. The molecule has 3 saturated heterocycles. The Kier molecular flexibility index (Phi) is 11.3. The van der Waals surface area contributed by atoms with Crippen LogP contribution in [-0.4, -0.2) is 118 Å². The molecule has 5 aliphatic rings. The van der Waals surface area contributed by atoms with Crippen LogP contribution in [-0.2, 0) is 9.59 Å². The third-order valence-corrected chi connectivity index (χ3v) is 12.8. The first-order chi connectivity index (χ1) is 28.1. The van der Waals surface area contributed by atoms with E-state index in [2.05, 4.69) is 24.9 Å². The van der Waals surface area contributed by atoms with Crippen LogP contribution in [0.2, 0.25) is 5.02 Å². The van der Waals surface area contributed by atoms with E-state index in [1.54, 1.807) is 42.5 Å². The predicted molar refractivity (Wildman–Crippen MR) is 213 cm³/mol. The van der Waals surface area contributed by atoms with E-state index in [9.17, 15) is 24.0 Å². The van der Waals surface area contributed by atoms with E-state index in [0.29, 0.717) is 53.5 Å². The van der Waals surface area contributed by atoms with Crippen LogP contribution in [0.15, 0.2) is 48.5 Å². The van der Waals surface area contributed by atoms with Gasteiger partial charge in [-0.15, -0.1) is 10.2 Å². The lowest BCUT2D eigenvalue weighted by molar-refractivity contribution is -0.155. The lowest BCUT2D eigenvalue weighted by atomic mass is 9.89. The Morgan fingerprint density at radius 2 is 1.55 bits per heavy atom. The Hall–Kier alpha value is -5.59. The highest BCUT2D eigenvalue weighted by molar-refractivity contribution is 6.31. The maximum absolute atomic E-state index is 14.0. The number of hydrogen-bond donors (Lipinski definition) is 1. The number of rotatable bonds is 10. The number of carbonyl (C=O) groups excluding carboxylic acids is 5. The molecule has 302 valence electrons. The van der Waals surface area contributed by atoms with Crippen molar-refractivity contribution in [3.05, 3.63) is 75.9 Å². The topological polar surface area (TPSA) is 186 Å². The van der Waals surface area contributed by atoms with Crippen molar-refractivity contribution in [2.24, 2.45) is 11.7 Å². The van der Waals surface area contributed by atoms with Gasteiger partial charge in [-0.3, -0.25) is 38.7 Å². The van der Waals surface area contributed by atoms with E-state index in [-0.39, 0.29) is 42.2 Å². The van der Waals surface area contributed by atoms with Crippen LogP contribution in [0.4, 0.5) is 11.5 Å². The molecule has 1 aromatic heterocycles. The highest BCUT2D eigenvalue weighted by atomic mass is 35.5. The van der Waals surface area contributed by atoms with Gasteiger partial charge in [0, 0.05) is 63.5 Å². The van der Waals surface area contributed by atoms with Gasteiger partial charge in [-0.2, -0.15) is 5.26 Å². The highest BCUT2D eigenvalue weighted by Gasteiger charge is 2.49. The number of piperidine rings is 2. The van der Waals surface area contributed by atoms with Crippen LogP contribution in [0.25, 0.3) is 0 Å². The summed E-state index contributed by atoms with van der Waals surface area (Å²) in [5.74, 6) is -0.422. The summed E-state index contributed by atoms with van der Waals surface area (Å²) in [6, 6.07) is 14.3. The van der Waals surface area contributed by atoms with Crippen LogP contribution in [0.1, 0.15) is 94.6 Å². The summed E-state index contributed by atoms with van der Waals surface area (Å²) < 4.78 is 6.11. The van der Waals surface area contributed by atoms with Crippen molar-refractivity contribution in [2.45, 2.75) is 76.0 Å². The second-order valence-electron chi connectivity index (χ2n) is 15.9. The van der Waals surface area contributed by atoms with Gasteiger partial charge in [0.15, 0.2) is 11.5 Å². The fourth-order valence-electron chi connectivity index (χ4n) is 9.08. The van der Waals surface area contributed by atoms with E-state index in [1.165, 1.54) is 4.90 Å². The molecule has 1 atom stereocenters. The third kappa shape index (κ3) is 7.95. The van der Waals surface area contributed by atoms with Crippen molar-refractivity contribution in [1.82, 2.24) is 24.9 Å². The molecule has 15 nitrogen and oxygen atoms in total. The Morgan fingerprint density at radius 1 is 0.810 bits per heavy atom. The number of nitrogens with two attached hydrogens (primary N) is 1. The number of ether oxygens (including phenoxy) is 1. The zero-order valence-electron chi connectivity index (χ0n) is 32.2. The van der Waals surface area contributed by atoms with Crippen LogP contribution < -0.4 is 20.3 Å². The second-order valence-corrected chi connectivity index (χ2v) is 16.3. The number of imide groups is 2. The zero-order chi connectivity index (χ0) is 40.5. The first kappa shape index (κ1) is 39.2. The minimum absolute atomic E-state index is 0.0714. The molecule has 4 fully saturated rings. The van der Waals surface area contributed by atoms with Gasteiger partial charge in [-0.25, -0.2) is 0 Å². The first-order valence-electron chi connectivity index (χ1n) is 20.2. The SMILES string of the molecule is N#Cc1ccc(OC2CCC(N3C(=O)CCC(N4C(=O)c5ccc(N6CCN(CCC7CCN(c8ccc(C(N)=O)nn8)CC7)CC6)cc5C4=O)C3=O)CC2)cc1Cl. The van der Waals surface area contributed by atoms with Crippen molar-refractivity contribution >= 4 is 52.6 Å². The second kappa shape index (κ2) is 16.7. The molecule has 1 saturated carbocycles. The molecule has 0 bridgehead atoms. The van der Waals surface area contributed by atoms with Crippen LogP contribution in [0, 0.1) is 17.2 Å². The summed E-state index contributed by atoms with van der Waals surface area (Å²) >= 11 is 6.17. The van der Waals surface area contributed by atoms with Gasteiger partial charge in [0.2, 0.25) is 5.91 Å². The zero-order valence-corrected chi connectivity index (χ0v) is 33.0. The third-order valence-electron chi connectivity index (χ3n) is 12.4. The Morgan fingerprint density at radius 3 is 2.22 bits per heavy atom. The molecule has 1 aliphatic carbocycles. The summed E-state index contributed by atoms with van der Waals surface area (Å²) in [6.45, 7) is 6.13. The molecule has 2 aromatic carbocycles. The number of benzene rings is 2. The number of primary amides is 1. The summed E-state index contributed by atoms with van der Waals surface area (Å²) in [5.41, 5.74) is 7.26. The van der Waals surface area contributed by atoms with Gasteiger partial charge in [0.05, 0.1) is 27.8 Å². The molecule has 5 heterocycles. The summed E-state index contributed by atoms with van der Waals surface area (Å²) in [6.07, 6.45) is 5.53. The largest absolute Gasteiger partial charge is 0.490 e. The number of amides is 5. The lowest BCUT2D eigenvalue weighted by Gasteiger charge is -2.41. The molecular formula is C42H46ClN9O6. The molecule has 5 amide bonds.